The minimum absolute atomic E-state index is 0.479. The van der Waals surface area contributed by atoms with E-state index in [9.17, 15) is 30.4 Å². The molecule has 9 heteroatoms. The van der Waals surface area contributed by atoms with E-state index in [2.05, 4.69) is 4.18 Å². The van der Waals surface area contributed by atoms with Crippen molar-refractivity contribution in [3.05, 3.63) is 29.8 Å². The first-order valence-electron chi connectivity index (χ1n) is 5.42. The van der Waals surface area contributed by atoms with Crippen LogP contribution in [0, 0.1) is 0 Å². The van der Waals surface area contributed by atoms with E-state index in [0.29, 0.717) is 6.42 Å². The molecule has 0 heterocycles. The average molecular weight is 318 g/mol. The van der Waals surface area contributed by atoms with Gasteiger partial charge in [0.25, 0.3) is 10.1 Å². The summed E-state index contributed by atoms with van der Waals surface area (Å²) in [5.41, 5.74) is 0.782. The van der Waals surface area contributed by atoms with Gasteiger partial charge in [-0.15, -0.1) is 0 Å². The number of hydrogen-bond donors (Lipinski definition) is 0. The standard InChI is InChI=1S/C11H11F5O3S/c1-2-8-3-5-9(6-4-8)20(17,18)19-7-10(12,13)11(14,15)16/h3-6H,2,7H2,1H3. The molecule has 0 amide bonds. The molecule has 0 spiro atoms. The summed E-state index contributed by atoms with van der Waals surface area (Å²) in [4.78, 5) is -0.479. The molecule has 0 saturated carbocycles. The Morgan fingerprint density at radius 2 is 1.55 bits per heavy atom. The van der Waals surface area contributed by atoms with E-state index in [1.807, 2.05) is 6.92 Å². The summed E-state index contributed by atoms with van der Waals surface area (Å²) in [6, 6.07) is 5.00. The largest absolute Gasteiger partial charge is 0.455 e. The second-order valence-corrected chi connectivity index (χ2v) is 5.53. The highest BCUT2D eigenvalue weighted by molar-refractivity contribution is 7.86. The molecule has 1 rings (SSSR count). The monoisotopic (exact) mass is 318 g/mol. The van der Waals surface area contributed by atoms with Crippen LogP contribution in [0.15, 0.2) is 29.2 Å². The molecule has 0 aliphatic carbocycles. The van der Waals surface area contributed by atoms with Gasteiger partial charge in [-0.3, -0.25) is 4.18 Å². The summed E-state index contributed by atoms with van der Waals surface area (Å²) in [5, 5.41) is 0. The van der Waals surface area contributed by atoms with Crippen LogP contribution in [0.4, 0.5) is 22.0 Å². The summed E-state index contributed by atoms with van der Waals surface area (Å²) < 4.78 is 87.6. The van der Waals surface area contributed by atoms with Crippen LogP contribution in [0.25, 0.3) is 0 Å². The van der Waals surface area contributed by atoms with E-state index in [-0.39, 0.29) is 0 Å². The lowest BCUT2D eigenvalue weighted by molar-refractivity contribution is -0.289. The van der Waals surface area contributed by atoms with Crippen LogP contribution in [0.5, 0.6) is 0 Å². The van der Waals surface area contributed by atoms with Crippen molar-refractivity contribution in [2.24, 2.45) is 0 Å². The highest BCUT2D eigenvalue weighted by Gasteiger charge is 2.58. The third-order valence-electron chi connectivity index (χ3n) is 2.43. The second kappa shape index (κ2) is 5.65. The minimum Gasteiger partial charge on any atom is -0.260 e. The van der Waals surface area contributed by atoms with Gasteiger partial charge in [-0.1, -0.05) is 19.1 Å². The molecule has 1 aromatic carbocycles. The second-order valence-electron chi connectivity index (χ2n) is 3.92. The van der Waals surface area contributed by atoms with Crippen LogP contribution < -0.4 is 0 Å². The summed E-state index contributed by atoms with van der Waals surface area (Å²) in [6.45, 7) is -0.474. The van der Waals surface area contributed by atoms with Crippen LogP contribution in [-0.2, 0) is 20.7 Å². The Kier molecular flexibility index (Phi) is 4.75. The van der Waals surface area contributed by atoms with Gasteiger partial charge in [0.15, 0.2) is 0 Å². The molecule has 0 atom stereocenters. The van der Waals surface area contributed by atoms with E-state index in [0.717, 1.165) is 17.7 Å². The molecule has 0 radical (unpaired) electrons. The van der Waals surface area contributed by atoms with Crippen molar-refractivity contribution in [3.63, 3.8) is 0 Å². The predicted octanol–water partition coefficient (Wildman–Crippen LogP) is 3.15. The molecule has 0 saturated heterocycles. The maximum absolute atomic E-state index is 12.6. The van der Waals surface area contributed by atoms with Crippen molar-refractivity contribution >= 4 is 10.1 Å². The SMILES string of the molecule is CCc1ccc(S(=O)(=O)OCC(F)(F)C(F)(F)F)cc1. The van der Waals surface area contributed by atoms with E-state index in [1.165, 1.54) is 12.1 Å². The van der Waals surface area contributed by atoms with Crippen molar-refractivity contribution < 1.29 is 34.6 Å². The van der Waals surface area contributed by atoms with Gasteiger partial charge >= 0.3 is 12.1 Å². The zero-order valence-corrected chi connectivity index (χ0v) is 11.1. The van der Waals surface area contributed by atoms with Gasteiger partial charge in [-0.2, -0.15) is 30.4 Å². The molecular formula is C11H11F5O3S. The van der Waals surface area contributed by atoms with Gasteiger partial charge in [0.2, 0.25) is 0 Å². The van der Waals surface area contributed by atoms with Crippen molar-refractivity contribution in [3.8, 4) is 0 Å². The van der Waals surface area contributed by atoms with E-state index >= 15 is 0 Å². The highest BCUT2D eigenvalue weighted by atomic mass is 32.2. The quantitative estimate of drug-likeness (QED) is 0.619. The Morgan fingerprint density at radius 3 is 1.95 bits per heavy atom. The normalized spacial score (nSPS) is 13.5. The topological polar surface area (TPSA) is 43.4 Å². The lowest BCUT2D eigenvalue weighted by Crippen LogP contribution is -2.41. The Bertz CT molecular complexity index is 548. The molecule has 1 aromatic rings. The zero-order chi connectivity index (χ0) is 15.6. The van der Waals surface area contributed by atoms with Gasteiger partial charge < -0.3 is 0 Å². The number of aryl methyl sites for hydroxylation is 1. The molecule has 0 unspecified atom stereocenters. The lowest BCUT2D eigenvalue weighted by atomic mass is 10.2. The van der Waals surface area contributed by atoms with Crippen LogP contribution in [0.3, 0.4) is 0 Å². The number of rotatable bonds is 5. The summed E-state index contributed by atoms with van der Waals surface area (Å²) in [5.74, 6) is -5.23. The molecule has 0 aliphatic rings. The van der Waals surface area contributed by atoms with Crippen molar-refractivity contribution in [1.82, 2.24) is 0 Å². The smallest absolute Gasteiger partial charge is 0.260 e. The van der Waals surface area contributed by atoms with Crippen LogP contribution in [-0.4, -0.2) is 27.1 Å². The van der Waals surface area contributed by atoms with Crippen molar-refractivity contribution in [2.45, 2.75) is 30.3 Å². The highest BCUT2D eigenvalue weighted by Crippen LogP contribution is 2.36. The maximum Gasteiger partial charge on any atom is 0.455 e. The molecule has 114 valence electrons. The van der Waals surface area contributed by atoms with Crippen LogP contribution in [0.2, 0.25) is 0 Å². The molecule has 0 bridgehead atoms. The molecular weight excluding hydrogens is 307 g/mol. The minimum atomic E-state index is -5.87. The Balaban J connectivity index is 2.85. The van der Waals surface area contributed by atoms with Crippen molar-refractivity contribution in [2.75, 3.05) is 6.61 Å². The molecule has 0 aliphatic heterocycles. The Morgan fingerprint density at radius 1 is 1.05 bits per heavy atom. The fourth-order valence-electron chi connectivity index (χ4n) is 1.19. The zero-order valence-electron chi connectivity index (χ0n) is 10.2. The third kappa shape index (κ3) is 3.89. The number of alkyl halides is 5. The number of hydrogen-bond acceptors (Lipinski definition) is 3. The third-order valence-corrected chi connectivity index (χ3v) is 3.71. The Labute approximate surface area is 112 Å². The van der Waals surface area contributed by atoms with Gasteiger partial charge in [0, 0.05) is 0 Å². The summed E-state index contributed by atoms with van der Waals surface area (Å²) >= 11 is 0. The molecule has 20 heavy (non-hydrogen) atoms. The molecule has 0 fully saturated rings. The Hall–Kier alpha value is -1.22. The summed E-state index contributed by atoms with van der Waals surface area (Å²) in [7, 11) is -4.66. The first-order chi connectivity index (χ1) is 8.99. The predicted molar refractivity (Wildman–Crippen MR) is 60.0 cm³/mol. The number of benzene rings is 1. The van der Waals surface area contributed by atoms with E-state index in [1.54, 1.807) is 0 Å². The fourth-order valence-corrected chi connectivity index (χ4v) is 2.10. The molecule has 0 aromatic heterocycles. The first kappa shape index (κ1) is 16.8. The lowest BCUT2D eigenvalue weighted by Gasteiger charge is -2.19. The molecule has 0 N–H and O–H groups in total. The summed E-state index contributed by atoms with van der Waals surface area (Å²) in [6.07, 6.45) is -5.25. The van der Waals surface area contributed by atoms with Crippen LogP contribution >= 0.6 is 0 Å². The fraction of sp³-hybridized carbons (Fsp3) is 0.455. The van der Waals surface area contributed by atoms with Gasteiger partial charge in [0.1, 0.15) is 6.61 Å². The van der Waals surface area contributed by atoms with Crippen LogP contribution in [0.1, 0.15) is 12.5 Å². The average Bonchev–Trinajstić information content (AvgIpc) is 2.35. The van der Waals surface area contributed by atoms with Gasteiger partial charge in [0.05, 0.1) is 4.90 Å². The van der Waals surface area contributed by atoms with Gasteiger partial charge in [-0.25, -0.2) is 0 Å². The van der Waals surface area contributed by atoms with E-state index in [4.69, 9.17) is 0 Å². The first-order valence-corrected chi connectivity index (χ1v) is 6.83. The van der Waals surface area contributed by atoms with E-state index < -0.39 is 33.7 Å². The van der Waals surface area contributed by atoms with Gasteiger partial charge in [-0.05, 0) is 24.1 Å². The number of halogens is 5. The molecule has 3 nitrogen and oxygen atoms in total. The maximum atomic E-state index is 12.6. The van der Waals surface area contributed by atoms with Crippen molar-refractivity contribution in [1.29, 1.82) is 0 Å².